The van der Waals surface area contributed by atoms with Crippen LogP contribution in [-0.4, -0.2) is 44.4 Å². The Labute approximate surface area is 158 Å². The Morgan fingerprint density at radius 3 is 2.96 bits per heavy atom. The number of hydrogen-bond donors (Lipinski definition) is 0. The lowest BCUT2D eigenvalue weighted by Crippen LogP contribution is -2.37. The Morgan fingerprint density at radius 2 is 2.11 bits per heavy atom. The van der Waals surface area contributed by atoms with Gasteiger partial charge in [0.2, 0.25) is 0 Å². The second-order valence-electron chi connectivity index (χ2n) is 7.79. The Hall–Kier alpha value is -2.60. The van der Waals surface area contributed by atoms with E-state index in [0.717, 1.165) is 28.8 Å². The van der Waals surface area contributed by atoms with Gasteiger partial charge in [0.1, 0.15) is 0 Å². The molecule has 1 amide bonds. The summed E-state index contributed by atoms with van der Waals surface area (Å²) in [6.45, 7) is 2.66. The van der Waals surface area contributed by atoms with Gasteiger partial charge in [-0.05, 0) is 49.1 Å². The molecule has 0 N–H and O–H groups in total. The Kier molecular flexibility index (Phi) is 4.01. The van der Waals surface area contributed by atoms with E-state index in [1.807, 2.05) is 53.2 Å². The number of carbonyl (C=O) groups excluding carboxylic acids is 1. The molecule has 1 saturated carbocycles. The summed E-state index contributed by atoms with van der Waals surface area (Å²) in [6.07, 6.45) is 6.33. The fourth-order valence-electron chi connectivity index (χ4n) is 3.83. The zero-order chi connectivity index (χ0) is 18.4. The minimum absolute atomic E-state index is 0.0174. The van der Waals surface area contributed by atoms with Gasteiger partial charge in [0.05, 0.1) is 24.9 Å². The van der Waals surface area contributed by atoms with Crippen molar-refractivity contribution in [1.29, 1.82) is 0 Å². The van der Waals surface area contributed by atoms with Crippen molar-refractivity contribution in [3.63, 3.8) is 0 Å². The molecule has 3 heterocycles. The topological polar surface area (TPSA) is 52.3 Å². The number of ether oxygens (including phenoxy) is 1. The molecule has 0 spiro atoms. The third-order valence-electron chi connectivity index (χ3n) is 5.64. The van der Waals surface area contributed by atoms with Crippen molar-refractivity contribution in [1.82, 2.24) is 19.2 Å². The average molecular weight is 364 g/mol. The number of hydrogen-bond acceptors (Lipinski definition) is 3. The summed E-state index contributed by atoms with van der Waals surface area (Å²) < 4.78 is 10.2. The van der Waals surface area contributed by atoms with E-state index in [1.165, 1.54) is 12.8 Å². The third kappa shape index (κ3) is 3.25. The van der Waals surface area contributed by atoms with Crippen molar-refractivity contribution in [2.24, 2.45) is 13.0 Å². The fraction of sp³-hybridized carbons (Fsp3) is 0.429. The van der Waals surface area contributed by atoms with E-state index in [1.54, 1.807) is 6.20 Å². The number of nitrogens with zero attached hydrogens (tertiary/aromatic N) is 4. The van der Waals surface area contributed by atoms with Gasteiger partial charge in [-0.3, -0.25) is 9.48 Å². The molecule has 3 aromatic rings. The van der Waals surface area contributed by atoms with Crippen LogP contribution in [0, 0.1) is 5.92 Å². The number of fused-ring (bicyclic) bond motifs is 2. The summed E-state index contributed by atoms with van der Waals surface area (Å²) in [4.78, 5) is 15.2. The smallest absolute Gasteiger partial charge is 0.254 e. The van der Waals surface area contributed by atoms with Gasteiger partial charge in [-0.15, -0.1) is 0 Å². The maximum atomic E-state index is 13.3. The first kappa shape index (κ1) is 16.6. The highest BCUT2D eigenvalue weighted by atomic mass is 16.5. The predicted molar refractivity (Wildman–Crippen MR) is 102 cm³/mol. The zero-order valence-electron chi connectivity index (χ0n) is 15.5. The van der Waals surface area contributed by atoms with Crippen molar-refractivity contribution in [3.05, 3.63) is 54.0 Å². The third-order valence-corrected chi connectivity index (χ3v) is 5.64. The monoisotopic (exact) mass is 364 g/mol. The van der Waals surface area contributed by atoms with E-state index >= 15 is 0 Å². The van der Waals surface area contributed by atoms with E-state index in [4.69, 9.17) is 4.74 Å². The van der Waals surface area contributed by atoms with Crippen molar-refractivity contribution in [2.75, 3.05) is 13.2 Å². The normalized spacial score (nSPS) is 19.9. The number of rotatable bonds is 4. The molecule has 6 nitrogen and oxygen atoms in total. The highest BCUT2D eigenvalue weighted by Crippen LogP contribution is 2.30. The Morgan fingerprint density at radius 1 is 1.22 bits per heavy atom. The molecular formula is C21H24N4O2. The van der Waals surface area contributed by atoms with Gasteiger partial charge in [-0.1, -0.05) is 0 Å². The summed E-state index contributed by atoms with van der Waals surface area (Å²) >= 11 is 0. The van der Waals surface area contributed by atoms with E-state index in [0.29, 0.717) is 25.6 Å². The molecule has 1 aliphatic carbocycles. The van der Waals surface area contributed by atoms with E-state index in [9.17, 15) is 4.79 Å². The van der Waals surface area contributed by atoms with Gasteiger partial charge < -0.3 is 14.2 Å². The predicted octanol–water partition coefficient (Wildman–Crippen LogP) is 2.83. The molecule has 0 bridgehead atoms. The lowest BCUT2D eigenvalue weighted by molar-refractivity contribution is 0.0136. The van der Waals surface area contributed by atoms with Gasteiger partial charge >= 0.3 is 0 Å². The lowest BCUT2D eigenvalue weighted by atomic mass is 10.1. The molecule has 0 radical (unpaired) electrons. The summed E-state index contributed by atoms with van der Waals surface area (Å²) in [5.74, 6) is 0.755. The molecule has 2 aliphatic rings. The van der Waals surface area contributed by atoms with Crippen LogP contribution in [0.25, 0.3) is 10.9 Å². The van der Waals surface area contributed by atoms with Crippen LogP contribution in [0.2, 0.25) is 0 Å². The van der Waals surface area contributed by atoms with Gasteiger partial charge in [-0.2, -0.15) is 5.10 Å². The molecule has 2 aromatic heterocycles. The van der Waals surface area contributed by atoms with E-state index < -0.39 is 0 Å². The molecule has 140 valence electrons. The summed E-state index contributed by atoms with van der Waals surface area (Å²) in [6, 6.07) is 9.97. The van der Waals surface area contributed by atoms with Gasteiger partial charge in [0.15, 0.2) is 0 Å². The first-order chi connectivity index (χ1) is 13.2. The van der Waals surface area contributed by atoms with Gasteiger partial charge in [-0.25, -0.2) is 0 Å². The second kappa shape index (κ2) is 6.53. The maximum absolute atomic E-state index is 13.3. The molecule has 5 rings (SSSR count). The van der Waals surface area contributed by atoms with Crippen LogP contribution in [-0.2, 0) is 24.9 Å². The van der Waals surface area contributed by atoms with Gasteiger partial charge in [0.25, 0.3) is 5.91 Å². The van der Waals surface area contributed by atoms with Crippen LogP contribution in [0.3, 0.4) is 0 Å². The lowest BCUT2D eigenvalue weighted by Gasteiger charge is -2.24. The van der Waals surface area contributed by atoms with Crippen molar-refractivity contribution in [3.8, 4) is 0 Å². The first-order valence-electron chi connectivity index (χ1n) is 9.64. The van der Waals surface area contributed by atoms with Crippen LogP contribution < -0.4 is 0 Å². The molecule has 1 aliphatic heterocycles. The van der Waals surface area contributed by atoms with E-state index in [-0.39, 0.29) is 12.0 Å². The Bertz CT molecular complexity index is 985. The number of benzene rings is 1. The molecule has 0 saturated heterocycles. The zero-order valence-corrected chi connectivity index (χ0v) is 15.5. The summed E-state index contributed by atoms with van der Waals surface area (Å²) in [5.41, 5.74) is 2.91. The van der Waals surface area contributed by atoms with Crippen LogP contribution in [0.4, 0.5) is 0 Å². The standard InChI is InChI=1S/C21H24N4O2/c1-23-9-7-16-10-17(4-5-20(16)23)21(26)24-11-18-6-8-22-25(18)13-19(12-24)27-14-15-2-3-15/h4-10,15,19H,2-3,11-14H2,1H3/t19-/m0/s1. The number of aromatic nitrogens is 3. The first-order valence-corrected chi connectivity index (χ1v) is 9.64. The molecule has 1 atom stereocenters. The minimum atomic E-state index is -0.0174. The molecule has 0 unspecified atom stereocenters. The van der Waals surface area contributed by atoms with E-state index in [2.05, 4.69) is 9.67 Å². The van der Waals surface area contributed by atoms with Gasteiger partial charge in [0, 0.05) is 49.1 Å². The van der Waals surface area contributed by atoms with Crippen molar-refractivity contribution >= 4 is 16.8 Å². The van der Waals surface area contributed by atoms with Crippen LogP contribution in [0.1, 0.15) is 28.9 Å². The van der Waals surface area contributed by atoms with Crippen LogP contribution >= 0.6 is 0 Å². The number of carbonyl (C=O) groups is 1. The highest BCUT2D eigenvalue weighted by molar-refractivity contribution is 5.98. The summed E-state index contributed by atoms with van der Waals surface area (Å²) in [7, 11) is 2.02. The maximum Gasteiger partial charge on any atom is 0.254 e. The molecule has 6 heteroatoms. The molecule has 1 fully saturated rings. The number of aryl methyl sites for hydroxylation is 1. The SMILES string of the molecule is Cn1ccc2cc(C(=O)N3Cc4ccnn4C[C@@H](OCC4CC4)C3)ccc21. The molecule has 1 aromatic carbocycles. The molecule has 27 heavy (non-hydrogen) atoms. The minimum Gasteiger partial charge on any atom is -0.374 e. The molecular weight excluding hydrogens is 340 g/mol. The average Bonchev–Trinajstić information content (AvgIpc) is 3.35. The summed E-state index contributed by atoms with van der Waals surface area (Å²) in [5, 5.41) is 5.50. The largest absolute Gasteiger partial charge is 0.374 e. The van der Waals surface area contributed by atoms with Crippen molar-refractivity contribution in [2.45, 2.75) is 32.0 Å². The second-order valence-corrected chi connectivity index (χ2v) is 7.79. The number of amides is 1. The fourth-order valence-corrected chi connectivity index (χ4v) is 3.83. The quantitative estimate of drug-likeness (QED) is 0.715. The van der Waals surface area contributed by atoms with Crippen LogP contribution in [0.15, 0.2) is 42.7 Å². The Balaban J connectivity index is 1.41. The van der Waals surface area contributed by atoms with Crippen molar-refractivity contribution < 1.29 is 9.53 Å². The van der Waals surface area contributed by atoms with Crippen LogP contribution in [0.5, 0.6) is 0 Å². The highest BCUT2D eigenvalue weighted by Gasteiger charge is 2.29.